The largest absolute Gasteiger partial charge is 0.310 e. The van der Waals surface area contributed by atoms with Gasteiger partial charge in [-0.15, -0.1) is 11.3 Å². The lowest BCUT2D eigenvalue weighted by molar-refractivity contribution is 1.29. The van der Waals surface area contributed by atoms with Crippen molar-refractivity contribution in [2.45, 2.75) is 0 Å². The summed E-state index contributed by atoms with van der Waals surface area (Å²) in [6.45, 7) is 0. The number of fused-ring (bicyclic) bond motifs is 10. The first-order valence-electron chi connectivity index (χ1n) is 16.4. The SMILES string of the molecule is c1ccc(N(c2ccc(-c3cc4ccccc4c4c3ccc3ccccc34)cc2)c2ccc3c(ccc4c5ccccc5sc34)c2)cc1. The molecular weight excluding hydrogens is 599 g/mol. The number of benzene rings is 9. The molecule has 0 saturated heterocycles. The van der Waals surface area contributed by atoms with Gasteiger partial charge in [-0.25, -0.2) is 0 Å². The molecule has 10 rings (SSSR count). The fraction of sp³-hybridized carbons (Fsp3) is 0. The zero-order valence-electron chi connectivity index (χ0n) is 26.1. The van der Waals surface area contributed by atoms with E-state index in [4.69, 9.17) is 0 Å². The highest BCUT2D eigenvalue weighted by atomic mass is 32.1. The van der Waals surface area contributed by atoms with Gasteiger partial charge in [0.1, 0.15) is 0 Å². The molecule has 0 N–H and O–H groups in total. The highest BCUT2D eigenvalue weighted by Crippen LogP contribution is 2.43. The van der Waals surface area contributed by atoms with E-state index in [1.54, 1.807) is 0 Å². The molecule has 48 heavy (non-hydrogen) atoms. The van der Waals surface area contributed by atoms with E-state index in [0.717, 1.165) is 17.1 Å². The van der Waals surface area contributed by atoms with E-state index >= 15 is 0 Å². The number of anilines is 3. The normalized spacial score (nSPS) is 11.8. The molecule has 0 atom stereocenters. The molecule has 0 saturated carbocycles. The predicted octanol–water partition coefficient (Wildman–Crippen LogP) is 13.8. The van der Waals surface area contributed by atoms with Crippen LogP contribution in [0.15, 0.2) is 176 Å². The molecule has 0 spiro atoms. The lowest BCUT2D eigenvalue weighted by Gasteiger charge is -2.26. The molecule has 1 heterocycles. The zero-order chi connectivity index (χ0) is 31.6. The molecule has 2 heteroatoms. The van der Waals surface area contributed by atoms with Crippen LogP contribution in [-0.2, 0) is 0 Å². The molecule has 0 bridgehead atoms. The van der Waals surface area contributed by atoms with Gasteiger partial charge < -0.3 is 4.90 Å². The van der Waals surface area contributed by atoms with Gasteiger partial charge in [0.05, 0.1) is 0 Å². The van der Waals surface area contributed by atoms with Crippen molar-refractivity contribution in [2.24, 2.45) is 0 Å². The molecular formula is C46H29NS. The van der Waals surface area contributed by atoms with Gasteiger partial charge in [-0.05, 0) is 103 Å². The van der Waals surface area contributed by atoms with E-state index in [9.17, 15) is 0 Å². The fourth-order valence-electron chi connectivity index (χ4n) is 7.56. The average Bonchev–Trinajstić information content (AvgIpc) is 3.54. The van der Waals surface area contributed by atoms with E-state index in [-0.39, 0.29) is 0 Å². The molecule has 0 fully saturated rings. The molecule has 0 amide bonds. The summed E-state index contributed by atoms with van der Waals surface area (Å²) in [7, 11) is 0. The van der Waals surface area contributed by atoms with Crippen LogP contribution in [-0.4, -0.2) is 0 Å². The number of nitrogens with zero attached hydrogens (tertiary/aromatic N) is 1. The first-order valence-corrected chi connectivity index (χ1v) is 17.2. The van der Waals surface area contributed by atoms with Crippen molar-refractivity contribution >= 4 is 91.7 Å². The Bertz CT molecular complexity index is 2810. The Hall–Kier alpha value is -5.96. The average molecular weight is 628 g/mol. The molecule has 9 aromatic carbocycles. The molecule has 1 aromatic heterocycles. The third kappa shape index (κ3) is 4.24. The predicted molar refractivity (Wildman–Crippen MR) is 209 cm³/mol. The highest BCUT2D eigenvalue weighted by molar-refractivity contribution is 7.26. The van der Waals surface area contributed by atoms with Crippen LogP contribution < -0.4 is 4.90 Å². The summed E-state index contributed by atoms with van der Waals surface area (Å²) in [5, 5.41) is 12.9. The molecule has 10 aromatic rings. The highest BCUT2D eigenvalue weighted by Gasteiger charge is 2.16. The second kappa shape index (κ2) is 10.8. The Labute approximate surface area is 282 Å². The minimum absolute atomic E-state index is 1.13. The monoisotopic (exact) mass is 627 g/mol. The topological polar surface area (TPSA) is 3.24 Å². The van der Waals surface area contributed by atoms with Crippen LogP contribution in [0.2, 0.25) is 0 Å². The second-order valence-corrected chi connectivity index (χ2v) is 13.6. The summed E-state index contributed by atoms with van der Waals surface area (Å²) < 4.78 is 2.69. The van der Waals surface area contributed by atoms with Crippen LogP contribution in [0.1, 0.15) is 0 Å². The number of para-hydroxylation sites is 1. The first-order chi connectivity index (χ1) is 23.8. The summed E-state index contributed by atoms with van der Waals surface area (Å²) in [5.74, 6) is 0. The van der Waals surface area contributed by atoms with Gasteiger partial charge in [-0.1, -0.05) is 127 Å². The summed E-state index contributed by atoms with van der Waals surface area (Å²) in [4.78, 5) is 2.37. The Kier molecular flexibility index (Phi) is 6.12. The van der Waals surface area contributed by atoms with Crippen molar-refractivity contribution in [1.82, 2.24) is 0 Å². The molecule has 0 aliphatic rings. The zero-order valence-corrected chi connectivity index (χ0v) is 26.9. The Morgan fingerprint density at radius 1 is 0.354 bits per heavy atom. The van der Waals surface area contributed by atoms with E-state index < -0.39 is 0 Å². The van der Waals surface area contributed by atoms with E-state index in [1.807, 2.05) is 11.3 Å². The fourth-order valence-corrected chi connectivity index (χ4v) is 8.80. The summed E-state index contributed by atoms with van der Waals surface area (Å²) in [6, 6.07) is 64.4. The molecule has 0 aliphatic heterocycles. The standard InChI is InChI=1S/C46H29NS/c1-2-12-34(13-3-1)47(36-24-27-39-33(28-36)21-26-42-40-16-8-9-17-44(40)48-46(39)42)35-22-18-31(19-23-35)43-29-32-11-5-7-15-38(32)45-37-14-6-4-10-30(37)20-25-41(43)45/h1-29H. The Balaban J connectivity index is 1.12. The third-order valence-corrected chi connectivity index (χ3v) is 11.0. The van der Waals surface area contributed by atoms with Gasteiger partial charge in [-0.2, -0.15) is 0 Å². The second-order valence-electron chi connectivity index (χ2n) is 12.5. The molecule has 0 aliphatic carbocycles. The number of thiophene rings is 1. The van der Waals surface area contributed by atoms with Crippen LogP contribution in [0.3, 0.4) is 0 Å². The van der Waals surface area contributed by atoms with Crippen LogP contribution in [0.25, 0.3) is 74.4 Å². The molecule has 0 radical (unpaired) electrons. The van der Waals surface area contributed by atoms with Crippen molar-refractivity contribution in [3.8, 4) is 11.1 Å². The van der Waals surface area contributed by atoms with Crippen molar-refractivity contribution in [2.75, 3.05) is 4.90 Å². The molecule has 0 unspecified atom stereocenters. The Morgan fingerprint density at radius 2 is 0.938 bits per heavy atom. The van der Waals surface area contributed by atoms with Crippen LogP contribution in [0.5, 0.6) is 0 Å². The smallest absolute Gasteiger partial charge is 0.0468 e. The van der Waals surface area contributed by atoms with Crippen LogP contribution in [0, 0.1) is 0 Å². The maximum Gasteiger partial charge on any atom is 0.0468 e. The molecule has 1 nitrogen and oxygen atoms in total. The maximum absolute atomic E-state index is 2.37. The lowest BCUT2D eigenvalue weighted by Crippen LogP contribution is -2.09. The number of hydrogen-bond acceptors (Lipinski definition) is 2. The van der Waals surface area contributed by atoms with Crippen molar-refractivity contribution in [3.63, 3.8) is 0 Å². The van der Waals surface area contributed by atoms with Gasteiger partial charge in [0.15, 0.2) is 0 Å². The molecule has 224 valence electrons. The van der Waals surface area contributed by atoms with E-state index in [2.05, 4.69) is 181 Å². The summed E-state index contributed by atoms with van der Waals surface area (Å²) >= 11 is 1.89. The minimum atomic E-state index is 1.13. The summed E-state index contributed by atoms with van der Waals surface area (Å²) in [5.41, 5.74) is 5.87. The first kappa shape index (κ1) is 27.2. The van der Waals surface area contributed by atoms with E-state index in [1.165, 1.54) is 74.4 Å². The van der Waals surface area contributed by atoms with Crippen molar-refractivity contribution in [1.29, 1.82) is 0 Å². The quantitative estimate of drug-likeness (QED) is 0.176. The maximum atomic E-state index is 2.37. The Morgan fingerprint density at radius 3 is 1.77 bits per heavy atom. The third-order valence-electron chi connectivity index (χ3n) is 9.80. The minimum Gasteiger partial charge on any atom is -0.310 e. The van der Waals surface area contributed by atoms with Crippen molar-refractivity contribution < 1.29 is 0 Å². The van der Waals surface area contributed by atoms with Gasteiger partial charge in [0.25, 0.3) is 0 Å². The summed E-state index contributed by atoms with van der Waals surface area (Å²) in [6.07, 6.45) is 0. The van der Waals surface area contributed by atoms with Crippen LogP contribution in [0.4, 0.5) is 17.1 Å². The number of hydrogen-bond donors (Lipinski definition) is 0. The van der Waals surface area contributed by atoms with Gasteiger partial charge in [0.2, 0.25) is 0 Å². The van der Waals surface area contributed by atoms with Gasteiger partial charge in [-0.3, -0.25) is 0 Å². The number of rotatable bonds is 4. The van der Waals surface area contributed by atoms with E-state index in [0.29, 0.717) is 0 Å². The lowest BCUT2D eigenvalue weighted by atomic mass is 9.90. The van der Waals surface area contributed by atoms with Crippen molar-refractivity contribution in [3.05, 3.63) is 176 Å². The van der Waals surface area contributed by atoms with Crippen LogP contribution >= 0.6 is 11.3 Å². The van der Waals surface area contributed by atoms with Gasteiger partial charge >= 0.3 is 0 Å². The van der Waals surface area contributed by atoms with Gasteiger partial charge in [0, 0.05) is 37.2 Å².